The molecule has 0 aromatic carbocycles. The second-order valence-electron chi connectivity index (χ2n) is 7.67. The van der Waals surface area contributed by atoms with Crippen molar-refractivity contribution in [3.8, 4) is 6.07 Å². The topological polar surface area (TPSA) is 84.1 Å². The average molecular weight is 369 g/mol. The van der Waals surface area contributed by atoms with E-state index in [1.165, 1.54) is 24.6 Å². The molecular formula is C21H27N3O3. The van der Waals surface area contributed by atoms with Crippen LogP contribution in [0.15, 0.2) is 12.1 Å². The molecule has 1 amide bonds. The smallest absolute Gasteiger partial charge is 0.331 e. The highest BCUT2D eigenvalue weighted by molar-refractivity contribution is 5.89. The van der Waals surface area contributed by atoms with Gasteiger partial charge in [-0.15, -0.1) is 0 Å². The van der Waals surface area contributed by atoms with Gasteiger partial charge < -0.3 is 14.6 Å². The van der Waals surface area contributed by atoms with Gasteiger partial charge in [-0.05, 0) is 57.2 Å². The molecule has 0 saturated heterocycles. The molecule has 1 aromatic rings. The normalized spacial score (nSPS) is 18.9. The van der Waals surface area contributed by atoms with E-state index in [1.807, 2.05) is 0 Å². The molecule has 2 saturated carbocycles. The molecule has 6 heteroatoms. The van der Waals surface area contributed by atoms with Crippen LogP contribution in [0.5, 0.6) is 0 Å². The molecule has 0 atom stereocenters. The minimum Gasteiger partial charge on any atom is -0.452 e. The van der Waals surface area contributed by atoms with Gasteiger partial charge in [-0.25, -0.2) is 4.79 Å². The third-order valence-corrected chi connectivity index (χ3v) is 5.48. The predicted octanol–water partition coefficient (Wildman–Crippen LogP) is 3.34. The van der Waals surface area contributed by atoms with Crippen molar-refractivity contribution < 1.29 is 14.3 Å². The number of carbonyl (C=O) groups is 2. The van der Waals surface area contributed by atoms with Crippen molar-refractivity contribution in [2.75, 3.05) is 6.61 Å². The maximum absolute atomic E-state index is 12.1. The number of carbonyl (C=O) groups excluding carboxylic acids is 2. The first-order chi connectivity index (χ1) is 12.9. The Morgan fingerprint density at radius 2 is 2.04 bits per heavy atom. The zero-order chi connectivity index (χ0) is 19.4. The number of hydrogen-bond acceptors (Lipinski definition) is 4. The van der Waals surface area contributed by atoms with Gasteiger partial charge in [0.25, 0.3) is 5.91 Å². The van der Waals surface area contributed by atoms with E-state index in [-0.39, 0.29) is 6.61 Å². The summed E-state index contributed by atoms with van der Waals surface area (Å²) in [6.07, 6.45) is 9.75. The number of rotatable bonds is 6. The van der Waals surface area contributed by atoms with Gasteiger partial charge in [-0.2, -0.15) is 5.26 Å². The highest BCUT2D eigenvalue weighted by atomic mass is 16.5. The Balaban J connectivity index is 1.51. The summed E-state index contributed by atoms with van der Waals surface area (Å²) >= 11 is 0. The van der Waals surface area contributed by atoms with Gasteiger partial charge in [0.2, 0.25) is 0 Å². The zero-order valence-electron chi connectivity index (χ0n) is 16.1. The molecule has 144 valence electrons. The number of ether oxygens (including phenoxy) is 1. The maximum atomic E-state index is 12.1. The lowest BCUT2D eigenvalue weighted by molar-refractivity contribution is -0.144. The van der Waals surface area contributed by atoms with E-state index in [1.54, 1.807) is 6.08 Å². The second kappa shape index (κ2) is 7.99. The van der Waals surface area contributed by atoms with Crippen molar-refractivity contribution in [1.29, 1.82) is 5.26 Å². The summed E-state index contributed by atoms with van der Waals surface area (Å²) in [5, 5.41) is 12.1. The largest absolute Gasteiger partial charge is 0.452 e. The molecule has 0 bridgehead atoms. The highest BCUT2D eigenvalue weighted by Crippen LogP contribution is 2.38. The molecule has 3 rings (SSSR count). The van der Waals surface area contributed by atoms with E-state index < -0.39 is 17.4 Å². The number of esters is 1. The van der Waals surface area contributed by atoms with Crippen LogP contribution in [0, 0.1) is 25.2 Å². The molecule has 27 heavy (non-hydrogen) atoms. The molecule has 1 aromatic heterocycles. The quantitative estimate of drug-likeness (QED) is 0.616. The van der Waals surface area contributed by atoms with Crippen LogP contribution < -0.4 is 5.32 Å². The number of nitriles is 1. The first kappa shape index (κ1) is 19.2. The van der Waals surface area contributed by atoms with Crippen molar-refractivity contribution in [2.24, 2.45) is 0 Å². The Hall–Kier alpha value is -2.55. The molecular weight excluding hydrogens is 342 g/mol. The summed E-state index contributed by atoms with van der Waals surface area (Å²) in [6.45, 7) is 3.75. The number of aryl methyl sites for hydroxylation is 1. The monoisotopic (exact) mass is 369 g/mol. The highest BCUT2D eigenvalue weighted by Gasteiger charge is 2.33. The second-order valence-corrected chi connectivity index (χ2v) is 7.67. The van der Waals surface area contributed by atoms with E-state index >= 15 is 0 Å². The molecule has 2 fully saturated rings. The number of nitrogens with one attached hydrogen (secondary N) is 1. The van der Waals surface area contributed by atoms with Crippen molar-refractivity contribution >= 4 is 18.0 Å². The summed E-state index contributed by atoms with van der Waals surface area (Å²) < 4.78 is 7.35. The molecule has 0 radical (unpaired) electrons. The van der Waals surface area contributed by atoms with Crippen LogP contribution in [0.3, 0.4) is 0 Å². The lowest BCUT2D eigenvalue weighted by Crippen LogP contribution is -2.49. The van der Waals surface area contributed by atoms with Crippen LogP contribution in [-0.4, -0.2) is 28.6 Å². The molecule has 2 aliphatic carbocycles. The third-order valence-electron chi connectivity index (χ3n) is 5.48. The standard InChI is InChI=1S/C21H27N3O3/c1-15-12-17(16(2)24(15)18-7-8-18)6-9-20(26)27-13-19(25)23-21(14-22)10-4-3-5-11-21/h6,9,12,18H,3-5,7-8,10-11,13H2,1-2H3,(H,23,25)/b9-6+. The summed E-state index contributed by atoms with van der Waals surface area (Å²) in [6, 6.07) is 4.87. The summed E-state index contributed by atoms with van der Waals surface area (Å²) in [4.78, 5) is 24.0. The Bertz CT molecular complexity index is 790. The summed E-state index contributed by atoms with van der Waals surface area (Å²) in [7, 11) is 0. The molecule has 6 nitrogen and oxygen atoms in total. The van der Waals surface area contributed by atoms with Crippen LogP contribution in [0.4, 0.5) is 0 Å². The minimum absolute atomic E-state index is 0.367. The Kier molecular flexibility index (Phi) is 5.69. The van der Waals surface area contributed by atoms with Crippen LogP contribution in [0.1, 0.15) is 67.9 Å². The summed E-state index contributed by atoms with van der Waals surface area (Å²) in [5.74, 6) is -0.983. The zero-order valence-corrected chi connectivity index (χ0v) is 16.1. The first-order valence-electron chi connectivity index (χ1n) is 9.70. The van der Waals surface area contributed by atoms with Gasteiger partial charge in [0.05, 0.1) is 6.07 Å². The van der Waals surface area contributed by atoms with Gasteiger partial charge in [0.1, 0.15) is 5.54 Å². The Labute approximate surface area is 160 Å². The maximum Gasteiger partial charge on any atom is 0.331 e. The Morgan fingerprint density at radius 1 is 1.33 bits per heavy atom. The van der Waals surface area contributed by atoms with Crippen LogP contribution in [0.2, 0.25) is 0 Å². The van der Waals surface area contributed by atoms with Crippen LogP contribution >= 0.6 is 0 Å². The van der Waals surface area contributed by atoms with E-state index in [4.69, 9.17) is 4.74 Å². The van der Waals surface area contributed by atoms with Crippen LogP contribution in [-0.2, 0) is 14.3 Å². The lowest BCUT2D eigenvalue weighted by Gasteiger charge is -2.31. The van der Waals surface area contributed by atoms with E-state index in [0.717, 1.165) is 30.5 Å². The fourth-order valence-electron chi connectivity index (χ4n) is 3.93. The van der Waals surface area contributed by atoms with Gasteiger partial charge in [0.15, 0.2) is 6.61 Å². The van der Waals surface area contributed by atoms with Gasteiger partial charge in [-0.3, -0.25) is 4.79 Å². The average Bonchev–Trinajstić information content (AvgIpc) is 3.44. The lowest BCUT2D eigenvalue weighted by atomic mass is 9.83. The predicted molar refractivity (Wildman–Crippen MR) is 102 cm³/mol. The first-order valence-corrected chi connectivity index (χ1v) is 9.70. The fourth-order valence-corrected chi connectivity index (χ4v) is 3.93. The van der Waals surface area contributed by atoms with Gasteiger partial charge in [0, 0.05) is 23.5 Å². The molecule has 0 unspecified atom stereocenters. The molecule has 0 aliphatic heterocycles. The van der Waals surface area contributed by atoms with Crippen molar-refractivity contribution in [1.82, 2.24) is 9.88 Å². The summed E-state index contributed by atoms with van der Waals surface area (Å²) in [5.41, 5.74) is 2.52. The number of hydrogen-bond donors (Lipinski definition) is 1. The number of amides is 1. The van der Waals surface area contributed by atoms with E-state index in [0.29, 0.717) is 18.9 Å². The van der Waals surface area contributed by atoms with Crippen LogP contribution in [0.25, 0.3) is 6.08 Å². The van der Waals surface area contributed by atoms with E-state index in [2.05, 4.69) is 35.9 Å². The van der Waals surface area contributed by atoms with Gasteiger partial charge >= 0.3 is 5.97 Å². The molecule has 2 aliphatic rings. The Morgan fingerprint density at radius 3 is 2.67 bits per heavy atom. The number of aromatic nitrogens is 1. The molecule has 1 heterocycles. The molecule has 1 N–H and O–H groups in total. The van der Waals surface area contributed by atoms with Crippen molar-refractivity contribution in [3.05, 3.63) is 29.1 Å². The van der Waals surface area contributed by atoms with E-state index in [9.17, 15) is 14.9 Å². The molecule has 0 spiro atoms. The minimum atomic E-state index is -0.808. The fraction of sp³-hybridized carbons (Fsp3) is 0.571. The van der Waals surface area contributed by atoms with Gasteiger partial charge in [-0.1, -0.05) is 19.3 Å². The van der Waals surface area contributed by atoms with Crippen molar-refractivity contribution in [3.63, 3.8) is 0 Å². The number of nitrogens with zero attached hydrogens (tertiary/aromatic N) is 2. The van der Waals surface area contributed by atoms with Crippen molar-refractivity contribution in [2.45, 2.75) is 70.4 Å². The third kappa shape index (κ3) is 4.60. The SMILES string of the molecule is Cc1cc(/C=C/C(=O)OCC(=O)NC2(C#N)CCCCC2)c(C)n1C1CC1.